The topological polar surface area (TPSA) is 66.8 Å². The van der Waals surface area contributed by atoms with Crippen LogP contribution in [-0.2, 0) is 0 Å². The van der Waals surface area contributed by atoms with Crippen LogP contribution in [-0.4, -0.2) is 39.1 Å². The average molecular weight is 320 g/mol. The number of fused-ring (bicyclic) bond motifs is 1. The van der Waals surface area contributed by atoms with Crippen LogP contribution < -0.4 is 10.2 Å². The minimum Gasteiger partial charge on any atom is -0.367 e. The van der Waals surface area contributed by atoms with Gasteiger partial charge in [-0.05, 0) is 44.0 Å². The Hall–Kier alpha value is -2.76. The number of anilines is 2. The molecule has 0 atom stereocenters. The van der Waals surface area contributed by atoms with Gasteiger partial charge in [0, 0.05) is 37.2 Å². The predicted octanol–water partition coefficient (Wildman–Crippen LogP) is 2.81. The van der Waals surface area contributed by atoms with Crippen LogP contribution in [0.25, 0.3) is 11.2 Å². The van der Waals surface area contributed by atoms with Gasteiger partial charge in [0.1, 0.15) is 17.2 Å². The summed E-state index contributed by atoms with van der Waals surface area (Å²) >= 11 is 0. The van der Waals surface area contributed by atoms with Gasteiger partial charge in [0.05, 0.1) is 0 Å². The van der Waals surface area contributed by atoms with Gasteiger partial charge in [0.25, 0.3) is 0 Å². The number of hydrogen-bond acceptors (Lipinski definition) is 6. The molecule has 6 heteroatoms. The van der Waals surface area contributed by atoms with Gasteiger partial charge in [-0.15, -0.1) is 0 Å². The largest absolute Gasteiger partial charge is 0.367 e. The summed E-state index contributed by atoms with van der Waals surface area (Å²) in [6.45, 7) is 3.96. The van der Waals surface area contributed by atoms with Gasteiger partial charge in [-0.1, -0.05) is 6.07 Å². The second kappa shape index (κ2) is 6.39. The minimum atomic E-state index is 0.454. The lowest BCUT2D eigenvalue weighted by molar-refractivity contribution is 0.522. The number of hydrogen-bond donors (Lipinski definition) is 1. The van der Waals surface area contributed by atoms with E-state index in [0.29, 0.717) is 11.7 Å². The SMILES string of the molecule is Cc1cccc(NC2CCN(c3ccc4nccnc4n3)CC2)n1. The van der Waals surface area contributed by atoms with E-state index in [9.17, 15) is 0 Å². The fourth-order valence-electron chi connectivity index (χ4n) is 3.11. The summed E-state index contributed by atoms with van der Waals surface area (Å²) in [6.07, 6.45) is 5.51. The van der Waals surface area contributed by atoms with Crippen molar-refractivity contribution < 1.29 is 0 Å². The number of piperidine rings is 1. The van der Waals surface area contributed by atoms with E-state index in [-0.39, 0.29) is 0 Å². The molecule has 0 bridgehead atoms. The zero-order chi connectivity index (χ0) is 16.4. The van der Waals surface area contributed by atoms with E-state index < -0.39 is 0 Å². The Labute approximate surface area is 141 Å². The molecule has 3 aromatic rings. The first kappa shape index (κ1) is 14.8. The summed E-state index contributed by atoms with van der Waals surface area (Å²) < 4.78 is 0. The van der Waals surface area contributed by atoms with Crippen molar-refractivity contribution in [1.29, 1.82) is 0 Å². The molecule has 0 aliphatic carbocycles. The van der Waals surface area contributed by atoms with E-state index in [1.54, 1.807) is 12.4 Å². The second-order valence-corrected chi connectivity index (χ2v) is 6.14. The number of nitrogens with one attached hydrogen (secondary N) is 1. The average Bonchev–Trinajstić information content (AvgIpc) is 2.62. The molecule has 1 aliphatic rings. The number of nitrogens with zero attached hydrogens (tertiary/aromatic N) is 5. The summed E-state index contributed by atoms with van der Waals surface area (Å²) in [6, 6.07) is 10.6. The highest BCUT2D eigenvalue weighted by Gasteiger charge is 2.20. The van der Waals surface area contributed by atoms with E-state index >= 15 is 0 Å². The summed E-state index contributed by atoms with van der Waals surface area (Å²) in [5.74, 6) is 1.95. The fraction of sp³-hybridized carbons (Fsp3) is 0.333. The van der Waals surface area contributed by atoms with E-state index in [4.69, 9.17) is 0 Å². The molecule has 1 N–H and O–H groups in total. The molecule has 24 heavy (non-hydrogen) atoms. The smallest absolute Gasteiger partial charge is 0.180 e. The molecular formula is C18H20N6. The molecule has 0 radical (unpaired) electrons. The zero-order valence-corrected chi connectivity index (χ0v) is 13.7. The Kier molecular flexibility index (Phi) is 3.94. The molecule has 0 aromatic carbocycles. The van der Waals surface area contributed by atoms with Gasteiger partial charge in [0.2, 0.25) is 0 Å². The molecule has 6 nitrogen and oxygen atoms in total. The summed E-state index contributed by atoms with van der Waals surface area (Å²) in [5, 5.41) is 3.54. The standard InChI is InChI=1S/C18H20N6/c1-13-3-2-4-16(21-13)22-14-7-11-24(12-8-14)17-6-5-15-18(23-17)20-10-9-19-15/h2-6,9-10,14H,7-8,11-12H2,1H3,(H,21,22). The van der Waals surface area contributed by atoms with Crippen molar-refractivity contribution in [2.75, 3.05) is 23.3 Å². The molecule has 122 valence electrons. The number of rotatable bonds is 3. The predicted molar refractivity (Wildman–Crippen MR) is 95.2 cm³/mol. The van der Waals surface area contributed by atoms with Crippen LogP contribution in [0.1, 0.15) is 18.5 Å². The quantitative estimate of drug-likeness (QED) is 0.800. The van der Waals surface area contributed by atoms with E-state index in [0.717, 1.165) is 48.8 Å². The van der Waals surface area contributed by atoms with Gasteiger partial charge < -0.3 is 10.2 Å². The summed E-state index contributed by atoms with van der Waals surface area (Å²) in [5.41, 5.74) is 2.58. The van der Waals surface area contributed by atoms with Crippen molar-refractivity contribution >= 4 is 22.8 Å². The van der Waals surface area contributed by atoms with Crippen molar-refractivity contribution in [1.82, 2.24) is 19.9 Å². The Morgan fingerprint density at radius 1 is 1.00 bits per heavy atom. The molecule has 0 unspecified atom stereocenters. The summed E-state index contributed by atoms with van der Waals surface area (Å²) in [4.78, 5) is 20.0. The molecular weight excluding hydrogens is 300 g/mol. The van der Waals surface area contributed by atoms with Gasteiger partial charge in [-0.3, -0.25) is 4.98 Å². The van der Waals surface area contributed by atoms with Crippen LogP contribution in [0.2, 0.25) is 0 Å². The third-order valence-electron chi connectivity index (χ3n) is 4.38. The highest BCUT2D eigenvalue weighted by Crippen LogP contribution is 2.21. The normalized spacial score (nSPS) is 15.6. The van der Waals surface area contributed by atoms with Gasteiger partial charge in [-0.2, -0.15) is 0 Å². The second-order valence-electron chi connectivity index (χ2n) is 6.14. The first-order valence-electron chi connectivity index (χ1n) is 8.31. The number of aromatic nitrogens is 4. The maximum Gasteiger partial charge on any atom is 0.180 e. The van der Waals surface area contributed by atoms with E-state index in [2.05, 4.69) is 30.2 Å². The van der Waals surface area contributed by atoms with Crippen LogP contribution in [0.4, 0.5) is 11.6 Å². The van der Waals surface area contributed by atoms with Crippen LogP contribution in [0, 0.1) is 6.92 Å². The monoisotopic (exact) mass is 320 g/mol. The first-order chi connectivity index (χ1) is 11.8. The first-order valence-corrected chi connectivity index (χ1v) is 8.31. The van der Waals surface area contributed by atoms with Crippen molar-refractivity contribution in [3.05, 3.63) is 48.4 Å². The summed E-state index contributed by atoms with van der Waals surface area (Å²) in [7, 11) is 0. The van der Waals surface area contributed by atoms with Crippen molar-refractivity contribution in [2.24, 2.45) is 0 Å². The molecule has 1 aliphatic heterocycles. The lowest BCUT2D eigenvalue weighted by Crippen LogP contribution is -2.39. The van der Waals surface area contributed by atoms with E-state index in [1.807, 2.05) is 37.3 Å². The van der Waals surface area contributed by atoms with Gasteiger partial charge in [-0.25, -0.2) is 15.0 Å². The Balaban J connectivity index is 1.41. The molecule has 0 amide bonds. The molecule has 4 rings (SSSR count). The highest BCUT2D eigenvalue weighted by atomic mass is 15.2. The third-order valence-corrected chi connectivity index (χ3v) is 4.38. The lowest BCUT2D eigenvalue weighted by Gasteiger charge is -2.33. The van der Waals surface area contributed by atoms with Crippen molar-refractivity contribution in [2.45, 2.75) is 25.8 Å². The molecule has 1 saturated heterocycles. The van der Waals surface area contributed by atoms with Gasteiger partial charge >= 0.3 is 0 Å². The zero-order valence-electron chi connectivity index (χ0n) is 13.7. The van der Waals surface area contributed by atoms with Gasteiger partial charge in [0.15, 0.2) is 5.65 Å². The molecule has 4 heterocycles. The Morgan fingerprint density at radius 2 is 1.83 bits per heavy atom. The maximum atomic E-state index is 4.64. The fourth-order valence-corrected chi connectivity index (χ4v) is 3.11. The Bertz CT molecular complexity index is 842. The van der Waals surface area contributed by atoms with Crippen LogP contribution in [0.3, 0.4) is 0 Å². The Morgan fingerprint density at radius 3 is 2.67 bits per heavy atom. The number of aryl methyl sites for hydroxylation is 1. The lowest BCUT2D eigenvalue weighted by atomic mass is 10.0. The van der Waals surface area contributed by atoms with Crippen molar-refractivity contribution in [3.63, 3.8) is 0 Å². The number of pyridine rings is 2. The van der Waals surface area contributed by atoms with Crippen molar-refractivity contribution in [3.8, 4) is 0 Å². The van der Waals surface area contributed by atoms with Crippen LogP contribution >= 0.6 is 0 Å². The third kappa shape index (κ3) is 3.13. The van der Waals surface area contributed by atoms with Crippen LogP contribution in [0.5, 0.6) is 0 Å². The minimum absolute atomic E-state index is 0.454. The van der Waals surface area contributed by atoms with E-state index in [1.165, 1.54) is 0 Å². The molecule has 1 fully saturated rings. The highest BCUT2D eigenvalue weighted by molar-refractivity contribution is 5.71. The molecule has 3 aromatic heterocycles. The molecule has 0 saturated carbocycles. The maximum absolute atomic E-state index is 4.64. The van der Waals surface area contributed by atoms with Crippen LogP contribution in [0.15, 0.2) is 42.7 Å². The molecule has 0 spiro atoms.